The molecule has 0 aliphatic carbocycles. The highest BCUT2D eigenvalue weighted by molar-refractivity contribution is 5.76. The number of unbranched alkanes of at least 4 members (excludes halogenated alkanes) is 33. The molecule has 3 N–H and O–H groups in total. The van der Waals surface area contributed by atoms with E-state index < -0.39 is 12.1 Å². The number of rotatable bonds is 48. The number of hydrogen-bond donors (Lipinski definition) is 3. The molecule has 1 amide bonds. The topological polar surface area (TPSA) is 95.9 Å². The molecular formula is C53H101NO5. The van der Waals surface area contributed by atoms with E-state index in [4.69, 9.17) is 4.74 Å². The molecular weight excluding hydrogens is 731 g/mol. The van der Waals surface area contributed by atoms with Crippen molar-refractivity contribution in [3.05, 3.63) is 24.3 Å². The molecule has 0 radical (unpaired) electrons. The van der Waals surface area contributed by atoms with Gasteiger partial charge in [0.1, 0.15) is 0 Å². The fourth-order valence-electron chi connectivity index (χ4n) is 7.97. The molecule has 2 atom stereocenters. The molecule has 0 aromatic rings. The van der Waals surface area contributed by atoms with E-state index in [0.29, 0.717) is 25.9 Å². The normalized spacial score (nSPS) is 12.8. The molecule has 6 heteroatoms. The average molecular weight is 832 g/mol. The van der Waals surface area contributed by atoms with Crippen LogP contribution in [-0.2, 0) is 14.3 Å². The molecule has 0 spiro atoms. The van der Waals surface area contributed by atoms with Crippen molar-refractivity contribution < 1.29 is 24.5 Å². The molecule has 59 heavy (non-hydrogen) atoms. The molecule has 0 aromatic carbocycles. The summed E-state index contributed by atoms with van der Waals surface area (Å²) in [5, 5.41) is 23.2. The first-order valence-corrected chi connectivity index (χ1v) is 26.1. The van der Waals surface area contributed by atoms with Crippen LogP contribution < -0.4 is 5.32 Å². The summed E-state index contributed by atoms with van der Waals surface area (Å²) in [6.07, 6.45) is 57.2. The lowest BCUT2D eigenvalue weighted by Gasteiger charge is -2.22. The van der Waals surface area contributed by atoms with Gasteiger partial charge in [-0.25, -0.2) is 0 Å². The van der Waals surface area contributed by atoms with Crippen molar-refractivity contribution in [2.75, 3.05) is 13.2 Å². The van der Waals surface area contributed by atoms with E-state index in [9.17, 15) is 19.8 Å². The van der Waals surface area contributed by atoms with E-state index >= 15 is 0 Å². The number of carbonyl (C=O) groups excluding carboxylic acids is 2. The maximum absolute atomic E-state index is 12.4. The third kappa shape index (κ3) is 45.7. The number of ether oxygens (including phenoxy) is 1. The Morgan fingerprint density at radius 3 is 1.36 bits per heavy atom. The summed E-state index contributed by atoms with van der Waals surface area (Å²) in [5.41, 5.74) is 0. The molecule has 6 nitrogen and oxygen atoms in total. The number of nitrogens with one attached hydrogen (secondary N) is 1. The van der Waals surface area contributed by atoms with E-state index in [0.717, 1.165) is 57.8 Å². The van der Waals surface area contributed by atoms with Crippen LogP contribution in [0.15, 0.2) is 24.3 Å². The summed E-state index contributed by atoms with van der Waals surface area (Å²) >= 11 is 0. The second kappa shape index (κ2) is 49.0. The van der Waals surface area contributed by atoms with Gasteiger partial charge >= 0.3 is 5.97 Å². The summed E-state index contributed by atoms with van der Waals surface area (Å²) in [5.74, 6) is -0.0547. The van der Waals surface area contributed by atoms with Crippen molar-refractivity contribution in [3.8, 4) is 0 Å². The fraction of sp³-hybridized carbons (Fsp3) is 0.887. The van der Waals surface area contributed by atoms with Gasteiger partial charge in [0.2, 0.25) is 5.91 Å². The number of hydrogen-bond acceptors (Lipinski definition) is 5. The molecule has 2 unspecified atom stereocenters. The lowest BCUT2D eigenvalue weighted by Crippen LogP contribution is -2.45. The molecule has 0 heterocycles. The van der Waals surface area contributed by atoms with Crippen LogP contribution in [0.2, 0.25) is 0 Å². The van der Waals surface area contributed by atoms with Gasteiger partial charge in [0.25, 0.3) is 0 Å². The quantitative estimate of drug-likeness (QED) is 0.0322. The van der Waals surface area contributed by atoms with Crippen molar-refractivity contribution in [3.63, 3.8) is 0 Å². The number of amides is 1. The number of esters is 1. The van der Waals surface area contributed by atoms with E-state index in [1.165, 1.54) is 186 Å². The van der Waals surface area contributed by atoms with Gasteiger partial charge in [0, 0.05) is 12.8 Å². The molecule has 0 fully saturated rings. The Kier molecular flexibility index (Phi) is 47.6. The molecule has 0 rings (SSSR count). The predicted molar refractivity (Wildman–Crippen MR) is 255 cm³/mol. The molecule has 0 aliphatic heterocycles. The minimum atomic E-state index is -0.668. The summed E-state index contributed by atoms with van der Waals surface area (Å²) in [7, 11) is 0. The first-order chi connectivity index (χ1) is 29.0. The second-order valence-corrected chi connectivity index (χ2v) is 17.9. The summed E-state index contributed by atoms with van der Waals surface area (Å²) in [6, 6.07) is -0.546. The first-order valence-electron chi connectivity index (χ1n) is 26.1. The van der Waals surface area contributed by atoms with Crippen molar-refractivity contribution >= 4 is 11.9 Å². The Hall–Kier alpha value is -1.66. The van der Waals surface area contributed by atoms with E-state index in [1.807, 2.05) is 0 Å². The van der Waals surface area contributed by atoms with Crippen LogP contribution in [0.4, 0.5) is 0 Å². The van der Waals surface area contributed by atoms with Gasteiger partial charge < -0.3 is 20.3 Å². The standard InChI is InChI=1S/C53H101NO5/c1-3-5-7-9-11-13-15-21-25-29-33-37-41-45-51(56)50(49-55)54-52(57)46-42-38-34-30-26-23-19-17-18-20-24-28-32-36-40-44-48-59-53(58)47-43-39-35-31-27-22-16-14-12-10-8-6-4-2/h8,10,14,16,50-51,55-56H,3-7,9,11-13,15,17-49H2,1-2H3,(H,54,57)/b10-8-,16-14-. The van der Waals surface area contributed by atoms with Crippen molar-refractivity contribution in [1.82, 2.24) is 5.32 Å². The average Bonchev–Trinajstić information content (AvgIpc) is 3.24. The monoisotopic (exact) mass is 832 g/mol. The maximum atomic E-state index is 12.4. The van der Waals surface area contributed by atoms with Gasteiger partial charge in [-0.1, -0.05) is 237 Å². The number of aliphatic hydroxyl groups is 2. The summed E-state index contributed by atoms with van der Waals surface area (Å²) in [6.45, 7) is 4.87. The zero-order valence-corrected chi connectivity index (χ0v) is 39.5. The largest absolute Gasteiger partial charge is 0.466 e. The van der Waals surface area contributed by atoms with E-state index in [-0.39, 0.29) is 18.5 Å². The maximum Gasteiger partial charge on any atom is 0.305 e. The van der Waals surface area contributed by atoms with Crippen LogP contribution >= 0.6 is 0 Å². The highest BCUT2D eigenvalue weighted by Gasteiger charge is 2.20. The predicted octanol–water partition coefficient (Wildman–Crippen LogP) is 15.5. The van der Waals surface area contributed by atoms with Gasteiger partial charge in [0.15, 0.2) is 0 Å². The minimum Gasteiger partial charge on any atom is -0.466 e. The van der Waals surface area contributed by atoms with E-state index in [1.54, 1.807) is 0 Å². The lowest BCUT2D eigenvalue weighted by molar-refractivity contribution is -0.143. The number of carbonyl (C=O) groups is 2. The molecule has 348 valence electrons. The van der Waals surface area contributed by atoms with Gasteiger partial charge in [-0.05, 0) is 51.4 Å². The first kappa shape index (κ1) is 57.3. The molecule has 0 aromatic heterocycles. The van der Waals surface area contributed by atoms with Crippen LogP contribution in [0.5, 0.6) is 0 Å². The fourth-order valence-corrected chi connectivity index (χ4v) is 7.97. The second-order valence-electron chi connectivity index (χ2n) is 17.9. The highest BCUT2D eigenvalue weighted by Crippen LogP contribution is 2.17. The Labute approximate surface area is 367 Å². The third-order valence-corrected chi connectivity index (χ3v) is 12.0. The van der Waals surface area contributed by atoms with Crippen molar-refractivity contribution in [1.29, 1.82) is 0 Å². The lowest BCUT2D eigenvalue weighted by atomic mass is 10.0. The summed E-state index contributed by atoms with van der Waals surface area (Å²) in [4.78, 5) is 24.4. The van der Waals surface area contributed by atoms with E-state index in [2.05, 4.69) is 43.5 Å². The van der Waals surface area contributed by atoms with Crippen molar-refractivity contribution in [2.24, 2.45) is 0 Å². The van der Waals surface area contributed by atoms with Gasteiger partial charge in [-0.15, -0.1) is 0 Å². The van der Waals surface area contributed by atoms with Gasteiger partial charge in [0.05, 0.1) is 25.4 Å². The minimum absolute atomic E-state index is 0.0123. The van der Waals surface area contributed by atoms with Crippen LogP contribution in [0.3, 0.4) is 0 Å². The van der Waals surface area contributed by atoms with Gasteiger partial charge in [-0.3, -0.25) is 9.59 Å². The van der Waals surface area contributed by atoms with Crippen LogP contribution in [0.25, 0.3) is 0 Å². The third-order valence-electron chi connectivity index (χ3n) is 12.0. The smallest absolute Gasteiger partial charge is 0.305 e. The van der Waals surface area contributed by atoms with Crippen LogP contribution in [0, 0.1) is 0 Å². The van der Waals surface area contributed by atoms with Crippen molar-refractivity contribution in [2.45, 2.75) is 289 Å². The number of allylic oxidation sites excluding steroid dienone is 4. The molecule has 0 saturated carbocycles. The Morgan fingerprint density at radius 2 is 0.881 bits per heavy atom. The van der Waals surface area contributed by atoms with Crippen LogP contribution in [-0.4, -0.2) is 47.4 Å². The Balaban J connectivity index is 3.43. The Morgan fingerprint density at radius 1 is 0.475 bits per heavy atom. The SMILES string of the molecule is CCC/C=C\C/C=C\CCCCCCCC(=O)OCCCCCCCCCCCCCCCCCCC(=O)NC(CO)C(O)CCCCCCCCCCCCCCC. The van der Waals surface area contributed by atoms with Gasteiger partial charge in [-0.2, -0.15) is 0 Å². The molecule has 0 aliphatic rings. The van der Waals surface area contributed by atoms with Crippen LogP contribution in [0.1, 0.15) is 277 Å². The zero-order chi connectivity index (χ0) is 43.0. The zero-order valence-electron chi connectivity index (χ0n) is 39.5. The number of aliphatic hydroxyl groups excluding tert-OH is 2. The molecule has 0 bridgehead atoms. The molecule has 0 saturated heterocycles. The highest BCUT2D eigenvalue weighted by atomic mass is 16.5. The summed E-state index contributed by atoms with van der Waals surface area (Å²) < 4.78 is 5.45. The Bertz CT molecular complexity index is 920.